The van der Waals surface area contributed by atoms with Gasteiger partial charge < -0.3 is 28.8 Å². The molecule has 6 nitrogen and oxygen atoms in total. The van der Waals surface area contributed by atoms with E-state index in [0.29, 0.717) is 41.6 Å². The fraction of sp³-hybridized carbons (Fsp3) is 0.333. The highest BCUT2D eigenvalue weighted by Gasteiger charge is 2.31. The lowest BCUT2D eigenvalue weighted by molar-refractivity contribution is 0.133. The molecule has 2 aromatic carbocycles. The third-order valence-electron chi connectivity index (χ3n) is 3.91. The zero-order chi connectivity index (χ0) is 14.6. The third kappa shape index (κ3) is 1.50. The minimum Gasteiger partial charge on any atom is -0.507 e. The SMILES string of the molecule is COc1c2c(c(OC)c3c(O)c4c(cc13)COC4)OCO2. The van der Waals surface area contributed by atoms with Gasteiger partial charge in [0.2, 0.25) is 18.3 Å². The van der Waals surface area contributed by atoms with Crippen molar-refractivity contribution in [2.75, 3.05) is 21.0 Å². The molecule has 0 unspecified atom stereocenters. The van der Waals surface area contributed by atoms with Gasteiger partial charge in [0.1, 0.15) is 5.75 Å². The van der Waals surface area contributed by atoms with Crippen molar-refractivity contribution in [1.29, 1.82) is 0 Å². The Morgan fingerprint density at radius 1 is 1.05 bits per heavy atom. The lowest BCUT2D eigenvalue weighted by Crippen LogP contribution is -1.95. The van der Waals surface area contributed by atoms with Gasteiger partial charge in [-0.25, -0.2) is 0 Å². The van der Waals surface area contributed by atoms with Crippen molar-refractivity contribution in [3.63, 3.8) is 0 Å². The number of ether oxygens (including phenoxy) is 5. The van der Waals surface area contributed by atoms with Crippen molar-refractivity contribution < 1.29 is 28.8 Å². The van der Waals surface area contributed by atoms with E-state index in [-0.39, 0.29) is 12.5 Å². The van der Waals surface area contributed by atoms with Gasteiger partial charge in [-0.05, 0) is 11.6 Å². The maximum Gasteiger partial charge on any atom is 0.231 e. The molecule has 0 saturated carbocycles. The minimum absolute atomic E-state index is 0.0992. The molecule has 0 aliphatic carbocycles. The summed E-state index contributed by atoms with van der Waals surface area (Å²) in [6.45, 7) is 0.956. The Hall–Kier alpha value is -2.34. The molecule has 0 aromatic heterocycles. The van der Waals surface area contributed by atoms with E-state index in [0.717, 1.165) is 16.5 Å². The van der Waals surface area contributed by atoms with Gasteiger partial charge in [0.05, 0.1) is 32.8 Å². The molecule has 21 heavy (non-hydrogen) atoms. The molecule has 4 rings (SSSR count). The normalized spacial score (nSPS) is 15.3. The Kier molecular flexibility index (Phi) is 2.56. The number of phenolic OH excluding ortho intramolecular Hbond substituents is 1. The summed E-state index contributed by atoms with van der Waals surface area (Å²) in [6.07, 6.45) is 0. The first-order valence-electron chi connectivity index (χ1n) is 6.55. The molecule has 0 atom stereocenters. The molecule has 0 amide bonds. The highest BCUT2D eigenvalue weighted by molar-refractivity contribution is 6.03. The molecule has 0 spiro atoms. The fourth-order valence-electron chi connectivity index (χ4n) is 2.97. The van der Waals surface area contributed by atoms with Gasteiger partial charge in [-0.15, -0.1) is 0 Å². The maximum absolute atomic E-state index is 10.6. The lowest BCUT2D eigenvalue weighted by Gasteiger charge is -2.16. The molecule has 2 aliphatic heterocycles. The standard InChI is InChI=1S/C15H14O6/c1-17-12-8-3-7-4-19-5-9(7)11(16)10(8)13(18-2)15-14(12)20-6-21-15/h3,16H,4-6H2,1-2H3. The van der Waals surface area contributed by atoms with Gasteiger partial charge in [-0.1, -0.05) is 0 Å². The van der Waals surface area contributed by atoms with Crippen molar-refractivity contribution in [2.45, 2.75) is 13.2 Å². The molecule has 2 aromatic rings. The quantitative estimate of drug-likeness (QED) is 0.915. The average Bonchev–Trinajstić information content (AvgIpc) is 3.13. The van der Waals surface area contributed by atoms with E-state index in [1.165, 1.54) is 7.11 Å². The van der Waals surface area contributed by atoms with Crippen molar-refractivity contribution in [2.24, 2.45) is 0 Å². The summed E-state index contributed by atoms with van der Waals surface area (Å²) in [5, 5.41) is 11.9. The van der Waals surface area contributed by atoms with Gasteiger partial charge in [0.25, 0.3) is 0 Å². The number of hydrogen-bond acceptors (Lipinski definition) is 6. The topological polar surface area (TPSA) is 66.4 Å². The number of phenols is 1. The van der Waals surface area contributed by atoms with Gasteiger partial charge in [-0.2, -0.15) is 0 Å². The molecule has 6 heteroatoms. The van der Waals surface area contributed by atoms with Crippen LogP contribution >= 0.6 is 0 Å². The Morgan fingerprint density at radius 2 is 1.76 bits per heavy atom. The molecule has 0 saturated heterocycles. The van der Waals surface area contributed by atoms with Crippen LogP contribution in [0.4, 0.5) is 0 Å². The first-order chi connectivity index (χ1) is 10.3. The van der Waals surface area contributed by atoms with Crippen LogP contribution in [-0.4, -0.2) is 26.1 Å². The zero-order valence-electron chi connectivity index (χ0n) is 11.7. The summed E-state index contributed by atoms with van der Waals surface area (Å²) in [7, 11) is 3.09. The molecular formula is C15H14O6. The van der Waals surface area contributed by atoms with Crippen LogP contribution in [0, 0.1) is 0 Å². The van der Waals surface area contributed by atoms with E-state index in [1.807, 2.05) is 6.07 Å². The van der Waals surface area contributed by atoms with Crippen LogP contribution in [0.25, 0.3) is 10.8 Å². The summed E-state index contributed by atoms with van der Waals surface area (Å²) < 4.78 is 27.3. The number of fused-ring (bicyclic) bond motifs is 3. The number of rotatable bonds is 2. The van der Waals surface area contributed by atoms with Crippen LogP contribution in [-0.2, 0) is 18.0 Å². The van der Waals surface area contributed by atoms with E-state index in [4.69, 9.17) is 23.7 Å². The Morgan fingerprint density at radius 3 is 2.48 bits per heavy atom. The van der Waals surface area contributed by atoms with Crippen LogP contribution in [0.2, 0.25) is 0 Å². The van der Waals surface area contributed by atoms with Gasteiger partial charge in [-0.3, -0.25) is 0 Å². The smallest absolute Gasteiger partial charge is 0.231 e. The number of aromatic hydroxyl groups is 1. The monoisotopic (exact) mass is 290 g/mol. The molecule has 2 heterocycles. The Balaban J connectivity index is 2.19. The van der Waals surface area contributed by atoms with Crippen LogP contribution < -0.4 is 18.9 Å². The van der Waals surface area contributed by atoms with Crippen LogP contribution in [0.3, 0.4) is 0 Å². The van der Waals surface area contributed by atoms with Crippen molar-refractivity contribution in [1.82, 2.24) is 0 Å². The molecule has 0 radical (unpaired) electrons. The van der Waals surface area contributed by atoms with E-state index in [2.05, 4.69) is 0 Å². The van der Waals surface area contributed by atoms with Gasteiger partial charge in [0, 0.05) is 10.9 Å². The number of methoxy groups -OCH3 is 2. The second-order valence-corrected chi connectivity index (χ2v) is 4.91. The maximum atomic E-state index is 10.6. The first kappa shape index (κ1) is 12.4. The summed E-state index contributed by atoms with van der Waals surface area (Å²) in [5.74, 6) is 2.08. The van der Waals surface area contributed by atoms with E-state index in [9.17, 15) is 5.11 Å². The molecule has 2 aliphatic rings. The number of benzene rings is 2. The first-order valence-corrected chi connectivity index (χ1v) is 6.55. The van der Waals surface area contributed by atoms with Crippen molar-refractivity contribution in [3.05, 3.63) is 17.2 Å². The highest BCUT2D eigenvalue weighted by Crippen LogP contribution is 2.56. The van der Waals surface area contributed by atoms with Crippen LogP contribution in [0.15, 0.2) is 6.07 Å². The highest BCUT2D eigenvalue weighted by atomic mass is 16.7. The number of hydrogen-bond donors (Lipinski definition) is 1. The Bertz CT molecular complexity index is 752. The predicted octanol–water partition coefficient (Wildman–Crippen LogP) is 2.32. The van der Waals surface area contributed by atoms with Gasteiger partial charge in [0.15, 0.2) is 11.5 Å². The Labute approximate surface area is 120 Å². The molecule has 0 bridgehead atoms. The molecular weight excluding hydrogens is 276 g/mol. The minimum atomic E-state index is 0.0992. The third-order valence-corrected chi connectivity index (χ3v) is 3.91. The lowest BCUT2D eigenvalue weighted by atomic mass is 9.98. The average molecular weight is 290 g/mol. The predicted molar refractivity (Wildman–Crippen MR) is 73.3 cm³/mol. The summed E-state index contributed by atoms with van der Waals surface area (Å²) >= 11 is 0. The summed E-state index contributed by atoms with van der Waals surface area (Å²) in [6, 6.07) is 1.95. The second-order valence-electron chi connectivity index (χ2n) is 4.91. The van der Waals surface area contributed by atoms with Gasteiger partial charge >= 0.3 is 0 Å². The second kappa shape index (κ2) is 4.33. The van der Waals surface area contributed by atoms with Crippen LogP contribution in [0.1, 0.15) is 11.1 Å². The van der Waals surface area contributed by atoms with Crippen LogP contribution in [0.5, 0.6) is 28.7 Å². The van der Waals surface area contributed by atoms with Crippen molar-refractivity contribution >= 4 is 10.8 Å². The molecule has 0 fully saturated rings. The molecule has 110 valence electrons. The van der Waals surface area contributed by atoms with E-state index < -0.39 is 0 Å². The summed E-state index contributed by atoms with van der Waals surface area (Å²) in [5.41, 5.74) is 1.72. The fourth-order valence-corrected chi connectivity index (χ4v) is 2.97. The summed E-state index contributed by atoms with van der Waals surface area (Å²) in [4.78, 5) is 0. The largest absolute Gasteiger partial charge is 0.507 e. The van der Waals surface area contributed by atoms with E-state index >= 15 is 0 Å². The molecule has 1 N–H and O–H groups in total. The van der Waals surface area contributed by atoms with E-state index in [1.54, 1.807) is 7.11 Å². The van der Waals surface area contributed by atoms with Crippen molar-refractivity contribution in [3.8, 4) is 28.7 Å². The zero-order valence-corrected chi connectivity index (χ0v) is 11.7.